The highest BCUT2D eigenvalue weighted by atomic mass is 16.5. The average molecular weight is 713 g/mol. The average Bonchev–Trinajstić information content (AvgIpc) is 3.47. The second-order valence-electron chi connectivity index (χ2n) is 16.0. The molecule has 0 unspecified atom stereocenters. The smallest absolute Gasteiger partial charge is 0.135 e. The molecule has 0 saturated heterocycles. The Kier molecular flexibility index (Phi) is 6.46. The molecule has 0 bridgehead atoms. The van der Waals surface area contributed by atoms with Crippen molar-refractivity contribution in [2.45, 2.75) is 19.3 Å². The van der Waals surface area contributed by atoms with E-state index < -0.39 is 0 Å². The molecule has 1 aliphatic carbocycles. The van der Waals surface area contributed by atoms with Crippen molar-refractivity contribution in [3.05, 3.63) is 193 Å². The Hall–Kier alpha value is -6.96. The predicted molar refractivity (Wildman–Crippen MR) is 236 cm³/mol. The van der Waals surface area contributed by atoms with Gasteiger partial charge in [0.2, 0.25) is 0 Å². The molecular weight excluding hydrogens is 677 g/mol. The SMILES string of the molecule is CC1(C)c2cc(-c3ccc4c(c3)-c3cccc5cccc(c35)O4)ccc2-c2ccc(-c3c4ccccc4c(-c4ccccc4)c4c3ccc3ccccc34)cc21. The van der Waals surface area contributed by atoms with Crippen LogP contribution in [-0.2, 0) is 5.41 Å². The van der Waals surface area contributed by atoms with Crippen molar-refractivity contribution >= 4 is 43.1 Å². The molecule has 0 fully saturated rings. The van der Waals surface area contributed by atoms with Crippen LogP contribution in [0.5, 0.6) is 11.5 Å². The lowest BCUT2D eigenvalue weighted by Gasteiger charge is -2.24. The van der Waals surface area contributed by atoms with E-state index in [9.17, 15) is 0 Å². The normalized spacial score (nSPS) is 13.5. The van der Waals surface area contributed by atoms with Crippen molar-refractivity contribution in [2.24, 2.45) is 0 Å². The van der Waals surface area contributed by atoms with Gasteiger partial charge < -0.3 is 4.74 Å². The van der Waals surface area contributed by atoms with Crippen LogP contribution in [-0.4, -0.2) is 0 Å². The molecule has 0 atom stereocenters. The number of ether oxygens (including phenoxy) is 1. The summed E-state index contributed by atoms with van der Waals surface area (Å²) in [6.45, 7) is 4.79. The molecule has 0 aromatic heterocycles. The van der Waals surface area contributed by atoms with Gasteiger partial charge in [-0.2, -0.15) is 0 Å². The maximum Gasteiger partial charge on any atom is 0.135 e. The zero-order chi connectivity index (χ0) is 37.1. The summed E-state index contributed by atoms with van der Waals surface area (Å²) in [7, 11) is 0. The van der Waals surface area contributed by atoms with Gasteiger partial charge in [0.25, 0.3) is 0 Å². The minimum Gasteiger partial charge on any atom is -0.456 e. The first-order chi connectivity index (χ1) is 27.5. The molecule has 1 heterocycles. The molecule has 0 spiro atoms. The largest absolute Gasteiger partial charge is 0.456 e. The first-order valence-corrected chi connectivity index (χ1v) is 19.6. The monoisotopic (exact) mass is 712 g/mol. The van der Waals surface area contributed by atoms with Crippen molar-refractivity contribution in [1.82, 2.24) is 0 Å². The third-order valence-corrected chi connectivity index (χ3v) is 12.6. The number of fused-ring (bicyclic) bond motifs is 9. The van der Waals surface area contributed by atoms with E-state index in [1.807, 2.05) is 0 Å². The summed E-state index contributed by atoms with van der Waals surface area (Å²) in [6, 6.07) is 67.2. The van der Waals surface area contributed by atoms with Crippen LogP contribution in [0.15, 0.2) is 182 Å². The van der Waals surface area contributed by atoms with Crippen LogP contribution >= 0.6 is 0 Å². The van der Waals surface area contributed by atoms with Gasteiger partial charge in [-0.15, -0.1) is 0 Å². The van der Waals surface area contributed by atoms with Crippen LogP contribution in [0.3, 0.4) is 0 Å². The third kappa shape index (κ3) is 4.37. The van der Waals surface area contributed by atoms with Crippen molar-refractivity contribution in [3.8, 4) is 67.1 Å². The number of benzene rings is 10. The topological polar surface area (TPSA) is 9.23 Å². The summed E-state index contributed by atoms with van der Waals surface area (Å²) in [5, 5.41) is 10.1. The zero-order valence-corrected chi connectivity index (χ0v) is 31.2. The van der Waals surface area contributed by atoms with Crippen molar-refractivity contribution < 1.29 is 4.74 Å². The first-order valence-electron chi connectivity index (χ1n) is 19.6. The molecule has 0 radical (unpaired) electrons. The minimum atomic E-state index is -0.194. The summed E-state index contributed by atoms with van der Waals surface area (Å²) in [6.07, 6.45) is 0. The highest BCUT2D eigenvalue weighted by Gasteiger charge is 2.36. The highest BCUT2D eigenvalue weighted by Crippen LogP contribution is 2.53. The molecule has 10 aromatic carbocycles. The molecule has 262 valence electrons. The summed E-state index contributed by atoms with van der Waals surface area (Å²) < 4.78 is 6.44. The third-order valence-electron chi connectivity index (χ3n) is 12.6. The lowest BCUT2D eigenvalue weighted by atomic mass is 9.79. The molecule has 0 amide bonds. The number of rotatable bonds is 3. The highest BCUT2D eigenvalue weighted by molar-refractivity contribution is 6.28. The Bertz CT molecular complexity index is 3290. The Morgan fingerprint density at radius 1 is 0.339 bits per heavy atom. The number of hydrogen-bond acceptors (Lipinski definition) is 1. The Labute approximate surface area is 326 Å². The zero-order valence-electron chi connectivity index (χ0n) is 31.2. The van der Waals surface area contributed by atoms with Crippen molar-refractivity contribution in [1.29, 1.82) is 0 Å². The molecule has 1 heteroatoms. The van der Waals surface area contributed by atoms with Crippen LogP contribution < -0.4 is 4.74 Å². The van der Waals surface area contributed by atoms with Crippen molar-refractivity contribution in [2.75, 3.05) is 0 Å². The van der Waals surface area contributed by atoms with Gasteiger partial charge in [-0.25, -0.2) is 0 Å². The van der Waals surface area contributed by atoms with E-state index in [0.29, 0.717) is 0 Å². The van der Waals surface area contributed by atoms with Gasteiger partial charge in [-0.1, -0.05) is 166 Å². The Morgan fingerprint density at radius 3 is 1.77 bits per heavy atom. The molecule has 1 nitrogen and oxygen atoms in total. The summed E-state index contributed by atoms with van der Waals surface area (Å²) in [5.74, 6) is 1.84. The van der Waals surface area contributed by atoms with Gasteiger partial charge in [0.1, 0.15) is 11.5 Å². The van der Waals surface area contributed by atoms with Gasteiger partial charge >= 0.3 is 0 Å². The number of hydrogen-bond donors (Lipinski definition) is 0. The van der Waals surface area contributed by atoms with E-state index in [0.717, 1.165) is 17.1 Å². The summed E-state index contributed by atoms with van der Waals surface area (Å²) in [4.78, 5) is 0. The molecule has 0 saturated carbocycles. The van der Waals surface area contributed by atoms with Gasteiger partial charge in [-0.05, 0) is 129 Å². The molecule has 12 rings (SSSR count). The first kappa shape index (κ1) is 31.4. The summed E-state index contributed by atoms with van der Waals surface area (Å²) >= 11 is 0. The molecule has 10 aromatic rings. The lowest BCUT2D eigenvalue weighted by Crippen LogP contribution is -2.15. The van der Waals surface area contributed by atoms with Gasteiger partial charge in [0, 0.05) is 16.4 Å². The van der Waals surface area contributed by atoms with E-state index in [-0.39, 0.29) is 5.41 Å². The van der Waals surface area contributed by atoms with E-state index in [1.165, 1.54) is 104 Å². The molecule has 56 heavy (non-hydrogen) atoms. The molecule has 0 N–H and O–H groups in total. The molecule has 1 aliphatic heterocycles. The van der Waals surface area contributed by atoms with E-state index in [2.05, 4.69) is 196 Å². The van der Waals surface area contributed by atoms with Crippen LogP contribution in [0.25, 0.3) is 98.7 Å². The van der Waals surface area contributed by atoms with Crippen LogP contribution in [0.4, 0.5) is 0 Å². The molecule has 2 aliphatic rings. The standard InChI is InChI=1S/C55H36O/c1-55(2)47-31-37(36-25-29-49-46(30-36)44-20-10-15-34-16-11-21-50(56-49)52(34)44)23-26-40(47)41-27-24-38(32-48(41)55)51-42-18-8-9-19-43(42)53(35-13-4-3-5-14-35)54-39-17-7-6-12-33(39)22-28-45(51)54/h3-32H,1-2H3. The Morgan fingerprint density at radius 2 is 0.964 bits per heavy atom. The Balaban J connectivity index is 1.02. The fraction of sp³-hybridized carbons (Fsp3) is 0.0545. The maximum absolute atomic E-state index is 6.44. The predicted octanol–water partition coefficient (Wildman–Crippen LogP) is 15.4. The minimum absolute atomic E-state index is 0.194. The van der Waals surface area contributed by atoms with Crippen LogP contribution in [0.1, 0.15) is 25.0 Å². The lowest BCUT2D eigenvalue weighted by molar-refractivity contribution is 0.487. The quantitative estimate of drug-likeness (QED) is 0.131. The van der Waals surface area contributed by atoms with E-state index in [4.69, 9.17) is 4.74 Å². The van der Waals surface area contributed by atoms with Crippen molar-refractivity contribution in [3.63, 3.8) is 0 Å². The van der Waals surface area contributed by atoms with E-state index >= 15 is 0 Å². The fourth-order valence-corrected chi connectivity index (χ4v) is 9.98. The summed E-state index contributed by atoms with van der Waals surface area (Å²) in [5.41, 5.74) is 15.1. The van der Waals surface area contributed by atoms with E-state index in [1.54, 1.807) is 0 Å². The fourth-order valence-electron chi connectivity index (χ4n) is 9.98. The second-order valence-corrected chi connectivity index (χ2v) is 16.0. The molecular formula is C55H36O. The van der Waals surface area contributed by atoms with Crippen LogP contribution in [0, 0.1) is 0 Å². The van der Waals surface area contributed by atoms with Gasteiger partial charge in [-0.3, -0.25) is 0 Å². The maximum atomic E-state index is 6.44. The van der Waals surface area contributed by atoms with Gasteiger partial charge in [0.05, 0.1) is 0 Å². The van der Waals surface area contributed by atoms with Gasteiger partial charge in [0.15, 0.2) is 0 Å². The second kappa shape index (κ2) is 11.5. The van der Waals surface area contributed by atoms with Crippen LogP contribution in [0.2, 0.25) is 0 Å².